The maximum atomic E-state index is 12.5. The molecule has 0 heterocycles. The lowest BCUT2D eigenvalue weighted by atomic mass is 10.2. The number of aryl methyl sites for hydroxylation is 1. The molecule has 0 aliphatic heterocycles. The summed E-state index contributed by atoms with van der Waals surface area (Å²) in [6, 6.07) is 11.3. The van der Waals surface area contributed by atoms with Gasteiger partial charge in [-0.2, -0.15) is 0 Å². The Morgan fingerprint density at radius 3 is 2.38 bits per heavy atom. The van der Waals surface area contributed by atoms with Gasteiger partial charge in [-0.1, -0.05) is 24.6 Å². The van der Waals surface area contributed by atoms with Crippen LogP contribution in [0.5, 0.6) is 5.75 Å². The summed E-state index contributed by atoms with van der Waals surface area (Å²) in [5, 5.41) is 2.67. The molecular weight excluding hydrogens is 328 g/mol. The summed E-state index contributed by atoms with van der Waals surface area (Å²) in [7, 11) is -2.33. The summed E-state index contributed by atoms with van der Waals surface area (Å²) in [6.07, 6.45) is 0.318. The van der Waals surface area contributed by atoms with Crippen LogP contribution in [-0.2, 0) is 14.8 Å². The maximum absolute atomic E-state index is 12.5. The predicted octanol–water partition coefficient (Wildman–Crippen LogP) is 3.15. The van der Waals surface area contributed by atoms with Crippen molar-refractivity contribution in [3.63, 3.8) is 0 Å². The van der Waals surface area contributed by atoms with Gasteiger partial charge in [0.2, 0.25) is 5.91 Å². The van der Waals surface area contributed by atoms with Crippen LogP contribution < -0.4 is 14.8 Å². The number of carbonyl (C=O) groups is 1. The van der Waals surface area contributed by atoms with Crippen molar-refractivity contribution in [1.82, 2.24) is 0 Å². The fourth-order valence-corrected chi connectivity index (χ4v) is 3.09. The molecule has 0 unspecified atom stereocenters. The summed E-state index contributed by atoms with van der Waals surface area (Å²) in [4.78, 5) is 11.6. The van der Waals surface area contributed by atoms with Crippen LogP contribution in [0.15, 0.2) is 47.4 Å². The standard InChI is InChI=1S/C17H20N2O4S/c1-4-17(20)18-15-10-9-14(11-16(15)23-3)24(21,22)19-13-7-5-12(2)6-8-13/h5-11,19H,4H2,1-3H3,(H,18,20). The number of hydrogen-bond donors (Lipinski definition) is 2. The average Bonchev–Trinajstić information content (AvgIpc) is 2.56. The van der Waals surface area contributed by atoms with Crippen LogP contribution in [0.3, 0.4) is 0 Å². The molecule has 24 heavy (non-hydrogen) atoms. The molecule has 0 saturated carbocycles. The molecule has 1 amide bonds. The van der Waals surface area contributed by atoms with Gasteiger partial charge in [0.15, 0.2) is 0 Å². The van der Waals surface area contributed by atoms with Gasteiger partial charge in [0.25, 0.3) is 10.0 Å². The van der Waals surface area contributed by atoms with E-state index in [-0.39, 0.29) is 16.6 Å². The minimum atomic E-state index is -3.75. The fourth-order valence-electron chi connectivity index (χ4n) is 2.02. The Morgan fingerprint density at radius 1 is 1.12 bits per heavy atom. The van der Waals surface area contributed by atoms with E-state index in [2.05, 4.69) is 10.0 Å². The van der Waals surface area contributed by atoms with Crippen molar-refractivity contribution in [3.8, 4) is 5.75 Å². The molecule has 0 radical (unpaired) electrons. The topological polar surface area (TPSA) is 84.5 Å². The van der Waals surface area contributed by atoms with E-state index in [9.17, 15) is 13.2 Å². The zero-order valence-electron chi connectivity index (χ0n) is 13.8. The summed E-state index contributed by atoms with van der Waals surface area (Å²) in [6.45, 7) is 3.65. The Labute approximate surface area is 141 Å². The Hall–Kier alpha value is -2.54. The van der Waals surface area contributed by atoms with Gasteiger partial charge in [0.1, 0.15) is 5.75 Å². The molecule has 2 N–H and O–H groups in total. The molecule has 0 aliphatic rings. The Morgan fingerprint density at radius 2 is 1.79 bits per heavy atom. The first-order valence-electron chi connectivity index (χ1n) is 7.43. The molecule has 0 saturated heterocycles. The highest BCUT2D eigenvalue weighted by Gasteiger charge is 2.17. The van der Waals surface area contributed by atoms with Crippen LogP contribution >= 0.6 is 0 Å². The van der Waals surface area contributed by atoms with Crippen molar-refractivity contribution in [2.45, 2.75) is 25.2 Å². The third-order valence-corrected chi connectivity index (χ3v) is 4.76. The zero-order chi connectivity index (χ0) is 17.7. The van der Waals surface area contributed by atoms with Crippen LogP contribution in [-0.4, -0.2) is 21.4 Å². The largest absolute Gasteiger partial charge is 0.495 e. The molecule has 7 heteroatoms. The average molecular weight is 348 g/mol. The first-order valence-corrected chi connectivity index (χ1v) is 8.91. The molecule has 6 nitrogen and oxygen atoms in total. The Kier molecular flexibility index (Phi) is 5.46. The molecule has 2 aromatic rings. The second kappa shape index (κ2) is 7.35. The number of anilines is 2. The number of sulfonamides is 1. The van der Waals surface area contributed by atoms with E-state index >= 15 is 0 Å². The fraction of sp³-hybridized carbons (Fsp3) is 0.235. The number of hydrogen-bond acceptors (Lipinski definition) is 4. The molecule has 0 aliphatic carbocycles. The number of nitrogens with one attached hydrogen (secondary N) is 2. The highest BCUT2D eigenvalue weighted by molar-refractivity contribution is 7.92. The quantitative estimate of drug-likeness (QED) is 0.840. The van der Waals surface area contributed by atoms with Crippen molar-refractivity contribution in [2.75, 3.05) is 17.1 Å². The van der Waals surface area contributed by atoms with Gasteiger partial charge >= 0.3 is 0 Å². The molecule has 0 bridgehead atoms. The van der Waals surface area contributed by atoms with Gasteiger partial charge in [-0.15, -0.1) is 0 Å². The van der Waals surface area contributed by atoms with Crippen LogP contribution in [0, 0.1) is 6.92 Å². The van der Waals surface area contributed by atoms with Crippen molar-refractivity contribution in [1.29, 1.82) is 0 Å². The van der Waals surface area contributed by atoms with Gasteiger partial charge in [0, 0.05) is 18.2 Å². The van der Waals surface area contributed by atoms with Crippen LogP contribution in [0.1, 0.15) is 18.9 Å². The molecule has 0 aromatic heterocycles. The van der Waals surface area contributed by atoms with E-state index in [0.29, 0.717) is 17.8 Å². The summed E-state index contributed by atoms with van der Waals surface area (Å²) >= 11 is 0. The van der Waals surface area contributed by atoms with Crippen molar-refractivity contribution in [2.24, 2.45) is 0 Å². The maximum Gasteiger partial charge on any atom is 0.262 e. The summed E-state index contributed by atoms with van der Waals surface area (Å²) in [5.41, 5.74) is 1.94. The highest BCUT2D eigenvalue weighted by Crippen LogP contribution is 2.28. The number of rotatable bonds is 6. The second-order valence-electron chi connectivity index (χ2n) is 5.24. The molecule has 0 atom stereocenters. The third-order valence-electron chi connectivity index (χ3n) is 3.38. The molecule has 2 rings (SSSR count). The molecule has 0 spiro atoms. The smallest absolute Gasteiger partial charge is 0.262 e. The predicted molar refractivity (Wildman–Crippen MR) is 93.9 cm³/mol. The molecule has 2 aromatic carbocycles. The van der Waals surface area contributed by atoms with E-state index in [1.807, 2.05) is 19.1 Å². The van der Waals surface area contributed by atoms with Crippen LogP contribution in [0.4, 0.5) is 11.4 Å². The van der Waals surface area contributed by atoms with E-state index in [1.165, 1.54) is 25.3 Å². The number of ether oxygens (including phenoxy) is 1. The monoisotopic (exact) mass is 348 g/mol. The van der Waals surface area contributed by atoms with Gasteiger partial charge in [-0.25, -0.2) is 8.42 Å². The minimum absolute atomic E-state index is 0.0504. The van der Waals surface area contributed by atoms with Crippen LogP contribution in [0.25, 0.3) is 0 Å². The van der Waals surface area contributed by atoms with Crippen molar-refractivity contribution in [3.05, 3.63) is 48.0 Å². The van der Waals surface area contributed by atoms with E-state index in [1.54, 1.807) is 19.1 Å². The zero-order valence-corrected chi connectivity index (χ0v) is 14.6. The first-order chi connectivity index (χ1) is 11.4. The number of methoxy groups -OCH3 is 1. The molecular formula is C17H20N2O4S. The van der Waals surface area contributed by atoms with Crippen molar-refractivity contribution >= 4 is 27.3 Å². The van der Waals surface area contributed by atoms with Crippen molar-refractivity contribution < 1.29 is 17.9 Å². The summed E-state index contributed by atoms with van der Waals surface area (Å²) in [5.74, 6) is 0.102. The van der Waals surface area contributed by atoms with Gasteiger partial charge in [-0.3, -0.25) is 9.52 Å². The highest BCUT2D eigenvalue weighted by atomic mass is 32.2. The SMILES string of the molecule is CCC(=O)Nc1ccc(S(=O)(=O)Nc2ccc(C)cc2)cc1OC. The lowest BCUT2D eigenvalue weighted by Gasteiger charge is -2.13. The van der Waals surface area contributed by atoms with Gasteiger partial charge < -0.3 is 10.1 Å². The summed E-state index contributed by atoms with van der Waals surface area (Å²) < 4.78 is 32.7. The number of carbonyl (C=O) groups excluding carboxylic acids is 1. The third kappa shape index (κ3) is 4.26. The first kappa shape index (κ1) is 17.8. The van der Waals surface area contributed by atoms with Gasteiger partial charge in [0.05, 0.1) is 17.7 Å². The Balaban J connectivity index is 2.29. The molecule has 128 valence electrons. The normalized spacial score (nSPS) is 11.0. The Bertz CT molecular complexity index is 830. The van der Waals surface area contributed by atoms with Crippen LogP contribution in [0.2, 0.25) is 0 Å². The van der Waals surface area contributed by atoms with E-state index in [0.717, 1.165) is 5.56 Å². The van der Waals surface area contributed by atoms with E-state index in [4.69, 9.17) is 4.74 Å². The van der Waals surface area contributed by atoms with Gasteiger partial charge in [-0.05, 0) is 31.2 Å². The van der Waals surface area contributed by atoms with E-state index < -0.39 is 10.0 Å². The second-order valence-corrected chi connectivity index (χ2v) is 6.92. The lowest BCUT2D eigenvalue weighted by molar-refractivity contribution is -0.115. The number of amides is 1. The lowest BCUT2D eigenvalue weighted by Crippen LogP contribution is -2.14. The molecule has 0 fully saturated rings. The number of benzene rings is 2. The minimum Gasteiger partial charge on any atom is -0.495 e.